The zero-order chi connectivity index (χ0) is 10.0. The van der Waals surface area contributed by atoms with Crippen molar-refractivity contribution in [2.24, 2.45) is 0 Å². The highest BCUT2D eigenvalue weighted by molar-refractivity contribution is 6.33. The van der Waals surface area contributed by atoms with Gasteiger partial charge < -0.3 is 0 Å². The molecule has 0 amide bonds. The van der Waals surface area contributed by atoms with Crippen LogP contribution in [0.15, 0.2) is 18.7 Å². The number of aldehydes is 1. The first-order valence-corrected chi connectivity index (χ1v) is 4.04. The first kappa shape index (κ1) is 9.93. The van der Waals surface area contributed by atoms with Crippen LogP contribution in [0.3, 0.4) is 0 Å². The summed E-state index contributed by atoms with van der Waals surface area (Å²) in [6.07, 6.45) is 0.634. The van der Waals surface area contributed by atoms with Crippen LogP contribution in [0.5, 0.6) is 0 Å². The van der Waals surface area contributed by atoms with E-state index in [0.29, 0.717) is 23.0 Å². The van der Waals surface area contributed by atoms with E-state index in [9.17, 15) is 9.18 Å². The van der Waals surface area contributed by atoms with Gasteiger partial charge in [-0.1, -0.05) is 18.2 Å². The topological polar surface area (TPSA) is 17.1 Å². The fourth-order valence-electron chi connectivity index (χ4n) is 1.10. The minimum atomic E-state index is -0.537. The highest BCUT2D eigenvalue weighted by Gasteiger charge is 2.11. The number of hydrogen-bond donors (Lipinski definition) is 0. The van der Waals surface area contributed by atoms with E-state index in [1.165, 1.54) is 12.1 Å². The highest BCUT2D eigenvalue weighted by Crippen LogP contribution is 2.27. The Labute approximate surface area is 80.8 Å². The second kappa shape index (κ2) is 3.71. The summed E-state index contributed by atoms with van der Waals surface area (Å²) in [6.45, 7) is 5.30. The monoisotopic (exact) mass is 198 g/mol. The van der Waals surface area contributed by atoms with Crippen LogP contribution < -0.4 is 0 Å². The third kappa shape index (κ3) is 1.78. The van der Waals surface area contributed by atoms with Crippen molar-refractivity contribution in [3.63, 3.8) is 0 Å². The molecule has 0 heterocycles. The molecule has 3 heteroatoms. The normalized spacial score (nSPS) is 9.77. The fraction of sp³-hybridized carbons (Fsp3) is 0.100. The molecule has 0 fully saturated rings. The Kier molecular flexibility index (Phi) is 2.83. The van der Waals surface area contributed by atoms with Crippen molar-refractivity contribution >= 4 is 23.5 Å². The molecule has 1 aromatic rings. The molecule has 0 radical (unpaired) electrons. The lowest BCUT2D eigenvalue weighted by Crippen LogP contribution is -1.93. The summed E-state index contributed by atoms with van der Waals surface area (Å²) < 4.78 is 13.0. The van der Waals surface area contributed by atoms with Crippen LogP contribution in [0.2, 0.25) is 5.02 Å². The zero-order valence-electron chi connectivity index (χ0n) is 7.10. The van der Waals surface area contributed by atoms with Crippen LogP contribution in [0.4, 0.5) is 4.39 Å². The quantitative estimate of drug-likeness (QED) is 0.667. The summed E-state index contributed by atoms with van der Waals surface area (Å²) in [5, 5.41) is -0.0444. The Bertz CT molecular complexity index is 371. The number of hydrogen-bond acceptors (Lipinski definition) is 1. The van der Waals surface area contributed by atoms with Crippen molar-refractivity contribution in [2.75, 3.05) is 0 Å². The summed E-state index contributed by atoms with van der Waals surface area (Å²) in [5.41, 5.74) is 1.32. The zero-order valence-corrected chi connectivity index (χ0v) is 7.86. The van der Waals surface area contributed by atoms with Gasteiger partial charge in [0.25, 0.3) is 0 Å². The van der Waals surface area contributed by atoms with Crippen molar-refractivity contribution in [1.82, 2.24) is 0 Å². The number of halogens is 2. The van der Waals surface area contributed by atoms with E-state index in [1.54, 1.807) is 6.92 Å². The maximum Gasteiger partial charge on any atom is 0.150 e. The largest absolute Gasteiger partial charge is 0.298 e. The van der Waals surface area contributed by atoms with Gasteiger partial charge in [0, 0.05) is 11.1 Å². The SMILES string of the molecule is C=C(C)c1c(C=O)ccc(F)c1Cl. The molecule has 0 aliphatic rings. The highest BCUT2D eigenvalue weighted by atomic mass is 35.5. The Morgan fingerprint density at radius 3 is 2.69 bits per heavy atom. The van der Waals surface area contributed by atoms with Gasteiger partial charge in [-0.3, -0.25) is 4.79 Å². The van der Waals surface area contributed by atoms with Crippen molar-refractivity contribution in [1.29, 1.82) is 0 Å². The lowest BCUT2D eigenvalue weighted by atomic mass is 10.0. The molecule has 0 atom stereocenters. The smallest absolute Gasteiger partial charge is 0.150 e. The average molecular weight is 199 g/mol. The van der Waals surface area contributed by atoms with E-state index in [2.05, 4.69) is 6.58 Å². The van der Waals surface area contributed by atoms with Crippen molar-refractivity contribution < 1.29 is 9.18 Å². The molecule has 0 spiro atoms. The summed E-state index contributed by atoms with van der Waals surface area (Å²) in [4.78, 5) is 10.6. The molecule has 1 nitrogen and oxygen atoms in total. The molecule has 0 saturated carbocycles. The first-order chi connectivity index (χ1) is 6.07. The molecule has 68 valence electrons. The van der Waals surface area contributed by atoms with E-state index in [1.807, 2.05) is 0 Å². The van der Waals surface area contributed by atoms with Crippen LogP contribution >= 0.6 is 11.6 Å². The molecule has 13 heavy (non-hydrogen) atoms. The predicted molar refractivity (Wildman–Crippen MR) is 51.5 cm³/mol. The second-order valence-corrected chi connectivity index (χ2v) is 3.10. The van der Waals surface area contributed by atoms with Gasteiger partial charge >= 0.3 is 0 Å². The van der Waals surface area contributed by atoms with Crippen LogP contribution in [0, 0.1) is 5.82 Å². The molecular weight excluding hydrogens is 191 g/mol. The minimum absolute atomic E-state index is 0.0444. The van der Waals surface area contributed by atoms with E-state index in [4.69, 9.17) is 11.6 Å². The number of rotatable bonds is 2. The van der Waals surface area contributed by atoms with Gasteiger partial charge in [-0.25, -0.2) is 4.39 Å². The Morgan fingerprint density at radius 2 is 2.23 bits per heavy atom. The molecule has 0 unspecified atom stereocenters. The molecule has 0 saturated heterocycles. The molecular formula is C10H8ClFO. The van der Waals surface area contributed by atoms with Crippen LogP contribution in [0.1, 0.15) is 22.8 Å². The van der Waals surface area contributed by atoms with Crippen molar-refractivity contribution in [3.8, 4) is 0 Å². The Hall–Kier alpha value is -1.15. The van der Waals surface area contributed by atoms with Gasteiger partial charge in [0.05, 0.1) is 5.02 Å². The minimum Gasteiger partial charge on any atom is -0.298 e. The third-order valence-corrected chi connectivity index (χ3v) is 2.05. The van der Waals surface area contributed by atoms with Crippen molar-refractivity contribution in [3.05, 3.63) is 40.7 Å². The maximum atomic E-state index is 13.0. The number of carbonyl (C=O) groups is 1. The second-order valence-electron chi connectivity index (χ2n) is 2.72. The van der Waals surface area contributed by atoms with E-state index >= 15 is 0 Å². The number of carbonyl (C=O) groups excluding carboxylic acids is 1. The Morgan fingerprint density at radius 1 is 1.62 bits per heavy atom. The Balaban J connectivity index is 3.50. The van der Waals surface area contributed by atoms with Gasteiger partial charge in [-0.15, -0.1) is 0 Å². The summed E-state index contributed by atoms with van der Waals surface area (Å²) in [5.74, 6) is -0.537. The molecule has 1 aromatic carbocycles. The molecule has 1 rings (SSSR count). The molecule has 0 aliphatic carbocycles. The summed E-state index contributed by atoms with van der Waals surface area (Å²) in [7, 11) is 0. The number of allylic oxidation sites excluding steroid dienone is 1. The van der Waals surface area contributed by atoms with Gasteiger partial charge in [-0.05, 0) is 24.6 Å². The first-order valence-electron chi connectivity index (χ1n) is 3.67. The standard InChI is InChI=1S/C10H8ClFO/c1-6(2)9-7(5-13)3-4-8(12)10(9)11/h3-5H,1H2,2H3. The summed E-state index contributed by atoms with van der Waals surface area (Å²) >= 11 is 5.68. The number of benzene rings is 1. The molecule has 0 aromatic heterocycles. The van der Waals surface area contributed by atoms with E-state index in [-0.39, 0.29) is 5.02 Å². The van der Waals surface area contributed by atoms with Gasteiger partial charge in [0.1, 0.15) is 5.82 Å². The molecule has 0 bridgehead atoms. The van der Waals surface area contributed by atoms with Crippen molar-refractivity contribution in [2.45, 2.75) is 6.92 Å². The van der Waals surface area contributed by atoms with Gasteiger partial charge in [-0.2, -0.15) is 0 Å². The lowest BCUT2D eigenvalue weighted by Gasteiger charge is -2.06. The maximum absolute atomic E-state index is 13.0. The van der Waals surface area contributed by atoms with Crippen LogP contribution in [-0.2, 0) is 0 Å². The summed E-state index contributed by atoms with van der Waals surface area (Å²) in [6, 6.07) is 2.55. The van der Waals surface area contributed by atoms with Crippen LogP contribution in [-0.4, -0.2) is 6.29 Å². The fourth-order valence-corrected chi connectivity index (χ4v) is 1.43. The van der Waals surface area contributed by atoms with Gasteiger partial charge in [0.15, 0.2) is 6.29 Å². The van der Waals surface area contributed by atoms with Crippen LogP contribution in [0.25, 0.3) is 5.57 Å². The van der Waals surface area contributed by atoms with Gasteiger partial charge in [0.2, 0.25) is 0 Å². The third-order valence-electron chi connectivity index (χ3n) is 1.68. The lowest BCUT2D eigenvalue weighted by molar-refractivity contribution is 0.112. The molecule has 0 aliphatic heterocycles. The predicted octanol–water partition coefficient (Wildman–Crippen LogP) is 3.32. The van der Waals surface area contributed by atoms with E-state index in [0.717, 1.165) is 0 Å². The van der Waals surface area contributed by atoms with E-state index < -0.39 is 5.82 Å². The average Bonchev–Trinajstić information content (AvgIpc) is 2.08. The molecule has 0 N–H and O–H groups in total.